The molecule has 2 aromatic rings. The number of carbonyl (C=O) groups excluding carboxylic acids is 1. The van der Waals surface area contributed by atoms with Crippen LogP contribution in [0.15, 0.2) is 41.5 Å². The Morgan fingerprint density at radius 3 is 2.89 bits per heavy atom. The Balaban J connectivity index is 2.52. The highest BCUT2D eigenvalue weighted by molar-refractivity contribution is 6.36. The number of benzene rings is 1. The fourth-order valence-electron chi connectivity index (χ4n) is 1.69. The molecule has 0 spiro atoms. The highest BCUT2D eigenvalue weighted by Crippen LogP contribution is 2.24. The molecule has 2 N–H and O–H groups in total. The molecule has 5 heteroatoms. The van der Waals surface area contributed by atoms with Gasteiger partial charge in [-0.1, -0.05) is 17.7 Å². The van der Waals surface area contributed by atoms with Gasteiger partial charge in [-0.15, -0.1) is 0 Å². The first-order valence-corrected chi connectivity index (χ1v) is 5.97. The Labute approximate surface area is 115 Å². The number of carbonyl (C=O) groups is 1. The van der Waals surface area contributed by atoms with E-state index in [0.29, 0.717) is 17.0 Å². The van der Waals surface area contributed by atoms with Crippen molar-refractivity contribution in [2.75, 3.05) is 7.05 Å². The average Bonchev–Trinajstić information content (AvgIpc) is 2.44. The lowest BCUT2D eigenvalue weighted by atomic mass is 10.1. The van der Waals surface area contributed by atoms with Crippen LogP contribution < -0.4 is 5.73 Å². The number of fused-ring (bicyclic) bond motifs is 1. The summed E-state index contributed by atoms with van der Waals surface area (Å²) in [7, 11) is 1.54. The fraction of sp³-hybridized carbons (Fsp3) is 0.0714. The summed E-state index contributed by atoms with van der Waals surface area (Å²) in [6.07, 6.45) is 3.83. The largest absolute Gasteiger partial charge is 0.398 e. The molecule has 0 atom stereocenters. The summed E-state index contributed by atoms with van der Waals surface area (Å²) in [6, 6.07) is 7.23. The summed E-state index contributed by atoms with van der Waals surface area (Å²) < 4.78 is 0. The standard InChI is InChI=1S/C14H12ClN3O/c1-17-10(8-19)7-13(16)9-2-3-14-11(6-9)12(15)4-5-18-14/h2-8H,16H2,1H3/b13-7-,17-10?. The maximum Gasteiger partial charge on any atom is 0.168 e. The summed E-state index contributed by atoms with van der Waals surface area (Å²) in [5.41, 5.74) is 8.25. The predicted octanol–water partition coefficient (Wildman–Crippen LogP) is 2.46. The van der Waals surface area contributed by atoms with Crippen molar-refractivity contribution >= 4 is 40.2 Å². The molecule has 0 fully saturated rings. The van der Waals surface area contributed by atoms with Crippen molar-refractivity contribution in [1.82, 2.24) is 4.98 Å². The average molecular weight is 274 g/mol. The van der Waals surface area contributed by atoms with Gasteiger partial charge < -0.3 is 5.73 Å². The molecular formula is C14H12ClN3O. The number of aromatic nitrogens is 1. The minimum atomic E-state index is 0.287. The molecule has 4 nitrogen and oxygen atoms in total. The second-order valence-corrected chi connectivity index (χ2v) is 4.30. The second-order valence-electron chi connectivity index (χ2n) is 3.89. The normalized spacial score (nSPS) is 12.7. The first kappa shape index (κ1) is 13.2. The van der Waals surface area contributed by atoms with Crippen molar-refractivity contribution in [3.05, 3.63) is 47.1 Å². The molecule has 96 valence electrons. The van der Waals surface area contributed by atoms with E-state index in [4.69, 9.17) is 17.3 Å². The van der Waals surface area contributed by atoms with E-state index >= 15 is 0 Å². The van der Waals surface area contributed by atoms with E-state index in [-0.39, 0.29) is 5.71 Å². The number of aliphatic imine (C=N–C) groups is 1. The van der Waals surface area contributed by atoms with E-state index in [0.717, 1.165) is 16.5 Å². The maximum absolute atomic E-state index is 10.7. The Bertz CT molecular complexity index is 692. The van der Waals surface area contributed by atoms with E-state index in [1.54, 1.807) is 12.3 Å². The first-order valence-electron chi connectivity index (χ1n) is 5.59. The molecular weight excluding hydrogens is 262 g/mol. The molecule has 2 rings (SSSR count). The highest BCUT2D eigenvalue weighted by atomic mass is 35.5. The van der Waals surface area contributed by atoms with Crippen LogP contribution in [0, 0.1) is 0 Å². The molecule has 0 bridgehead atoms. The monoisotopic (exact) mass is 273 g/mol. The second kappa shape index (κ2) is 5.63. The van der Waals surface area contributed by atoms with E-state index < -0.39 is 0 Å². The minimum absolute atomic E-state index is 0.287. The number of nitrogens with two attached hydrogens (primary N) is 1. The lowest BCUT2D eigenvalue weighted by Crippen LogP contribution is -2.03. The number of nitrogens with zero attached hydrogens (tertiary/aromatic N) is 2. The third-order valence-corrected chi connectivity index (χ3v) is 3.03. The Hall–Kier alpha value is -2.20. The van der Waals surface area contributed by atoms with Gasteiger partial charge in [0, 0.05) is 24.3 Å². The van der Waals surface area contributed by atoms with Crippen LogP contribution in [-0.2, 0) is 4.79 Å². The van der Waals surface area contributed by atoms with E-state index in [1.807, 2.05) is 18.2 Å². The summed E-state index contributed by atoms with van der Waals surface area (Å²) >= 11 is 6.11. The minimum Gasteiger partial charge on any atom is -0.398 e. The Morgan fingerprint density at radius 1 is 1.42 bits per heavy atom. The van der Waals surface area contributed by atoms with Crippen LogP contribution >= 0.6 is 11.6 Å². The van der Waals surface area contributed by atoms with Gasteiger partial charge >= 0.3 is 0 Å². The first-order chi connectivity index (χ1) is 9.15. The Kier molecular flexibility index (Phi) is 3.92. The molecule has 1 aromatic carbocycles. The molecule has 1 aromatic heterocycles. The van der Waals surface area contributed by atoms with E-state index in [2.05, 4.69) is 9.98 Å². The number of hydrogen-bond acceptors (Lipinski definition) is 4. The number of pyridine rings is 1. The van der Waals surface area contributed by atoms with Gasteiger partial charge in [-0.25, -0.2) is 0 Å². The smallest absolute Gasteiger partial charge is 0.168 e. The van der Waals surface area contributed by atoms with Gasteiger partial charge in [-0.05, 0) is 29.8 Å². The highest BCUT2D eigenvalue weighted by Gasteiger charge is 2.04. The van der Waals surface area contributed by atoms with Crippen molar-refractivity contribution < 1.29 is 4.79 Å². The molecule has 0 aliphatic carbocycles. The lowest BCUT2D eigenvalue weighted by Gasteiger charge is -2.05. The fourth-order valence-corrected chi connectivity index (χ4v) is 1.89. The van der Waals surface area contributed by atoms with Gasteiger partial charge in [-0.2, -0.15) is 0 Å². The molecule has 0 saturated carbocycles. The predicted molar refractivity (Wildman–Crippen MR) is 78.3 cm³/mol. The molecule has 1 heterocycles. The summed E-state index contributed by atoms with van der Waals surface area (Å²) in [6.45, 7) is 0. The summed E-state index contributed by atoms with van der Waals surface area (Å²) in [5, 5.41) is 1.43. The molecule has 0 unspecified atom stereocenters. The zero-order valence-corrected chi connectivity index (χ0v) is 11.1. The molecule has 0 aliphatic rings. The van der Waals surface area contributed by atoms with E-state index in [9.17, 15) is 4.79 Å². The molecule has 0 radical (unpaired) electrons. The van der Waals surface area contributed by atoms with E-state index in [1.165, 1.54) is 13.1 Å². The van der Waals surface area contributed by atoms with Crippen LogP contribution in [-0.4, -0.2) is 24.0 Å². The van der Waals surface area contributed by atoms with Gasteiger partial charge in [0.2, 0.25) is 0 Å². The van der Waals surface area contributed by atoms with Crippen molar-refractivity contribution in [2.45, 2.75) is 0 Å². The summed E-state index contributed by atoms with van der Waals surface area (Å²) in [4.78, 5) is 18.7. The lowest BCUT2D eigenvalue weighted by molar-refractivity contribution is -0.102. The third kappa shape index (κ3) is 2.80. The topological polar surface area (TPSA) is 68.3 Å². The van der Waals surface area contributed by atoms with Gasteiger partial charge in [0.25, 0.3) is 0 Å². The van der Waals surface area contributed by atoms with Crippen LogP contribution in [0.5, 0.6) is 0 Å². The van der Waals surface area contributed by atoms with Gasteiger partial charge in [0.05, 0.1) is 16.3 Å². The molecule has 19 heavy (non-hydrogen) atoms. The van der Waals surface area contributed by atoms with Crippen LogP contribution in [0.2, 0.25) is 5.02 Å². The third-order valence-electron chi connectivity index (χ3n) is 2.70. The van der Waals surface area contributed by atoms with Crippen LogP contribution in [0.25, 0.3) is 16.6 Å². The number of allylic oxidation sites excluding steroid dienone is 1. The van der Waals surface area contributed by atoms with Gasteiger partial charge in [0.1, 0.15) is 0 Å². The van der Waals surface area contributed by atoms with Crippen LogP contribution in [0.1, 0.15) is 5.56 Å². The Morgan fingerprint density at radius 2 is 2.21 bits per heavy atom. The quantitative estimate of drug-likeness (QED) is 0.690. The van der Waals surface area contributed by atoms with Crippen molar-refractivity contribution in [3.63, 3.8) is 0 Å². The zero-order valence-electron chi connectivity index (χ0n) is 10.3. The van der Waals surface area contributed by atoms with Crippen molar-refractivity contribution in [3.8, 4) is 0 Å². The molecule has 0 amide bonds. The van der Waals surface area contributed by atoms with Crippen molar-refractivity contribution in [1.29, 1.82) is 0 Å². The van der Waals surface area contributed by atoms with Crippen LogP contribution in [0.4, 0.5) is 0 Å². The molecule has 0 saturated heterocycles. The summed E-state index contributed by atoms with van der Waals surface area (Å²) in [5.74, 6) is 0. The van der Waals surface area contributed by atoms with Gasteiger partial charge in [-0.3, -0.25) is 14.8 Å². The number of aldehydes is 1. The van der Waals surface area contributed by atoms with Gasteiger partial charge in [0.15, 0.2) is 6.29 Å². The SMILES string of the molecule is CN=C(C=O)/C=C(\N)c1ccc2nccc(Cl)c2c1. The van der Waals surface area contributed by atoms with Crippen LogP contribution in [0.3, 0.4) is 0 Å². The number of hydrogen-bond donors (Lipinski definition) is 1. The maximum atomic E-state index is 10.7. The number of rotatable bonds is 3. The zero-order chi connectivity index (χ0) is 13.8. The van der Waals surface area contributed by atoms with Crippen molar-refractivity contribution in [2.24, 2.45) is 10.7 Å². The molecule has 0 aliphatic heterocycles. The number of halogens is 1.